The summed E-state index contributed by atoms with van der Waals surface area (Å²) in [5, 5.41) is 6.66. The maximum atomic E-state index is 12.4. The maximum Gasteiger partial charge on any atom is 0.326 e. The van der Waals surface area contributed by atoms with Gasteiger partial charge >= 0.3 is 6.03 Å². The smallest absolute Gasteiger partial charge is 0.323 e. The van der Waals surface area contributed by atoms with Crippen LogP contribution in [0.3, 0.4) is 0 Å². The summed E-state index contributed by atoms with van der Waals surface area (Å²) in [4.78, 5) is 27.5. The van der Waals surface area contributed by atoms with E-state index in [1.54, 1.807) is 11.1 Å². The molecule has 108 valence electrons. The van der Waals surface area contributed by atoms with Crippen molar-refractivity contribution in [3.63, 3.8) is 0 Å². The highest BCUT2D eigenvalue weighted by Crippen LogP contribution is 2.28. The third-order valence-electron chi connectivity index (χ3n) is 4.29. The van der Waals surface area contributed by atoms with Gasteiger partial charge in [0.1, 0.15) is 0 Å². The van der Waals surface area contributed by atoms with Crippen LogP contribution in [0.25, 0.3) is 0 Å². The van der Waals surface area contributed by atoms with Gasteiger partial charge in [-0.15, -0.1) is 0 Å². The molecule has 1 saturated carbocycles. The summed E-state index contributed by atoms with van der Waals surface area (Å²) in [7, 11) is 0. The predicted molar refractivity (Wildman–Crippen MR) is 72.9 cm³/mol. The third-order valence-corrected chi connectivity index (χ3v) is 4.29. The zero-order chi connectivity index (χ0) is 13.9. The highest BCUT2D eigenvalue weighted by atomic mass is 16.2. The Bertz CT molecular complexity index is 481. The summed E-state index contributed by atoms with van der Waals surface area (Å²) in [5.74, 6) is 0.512. The van der Waals surface area contributed by atoms with Crippen molar-refractivity contribution in [1.82, 2.24) is 20.0 Å². The average Bonchev–Trinajstić information content (AvgIpc) is 2.89. The normalized spacial score (nSPS) is 20.4. The number of imide groups is 1. The maximum absolute atomic E-state index is 12.4. The van der Waals surface area contributed by atoms with Gasteiger partial charge in [0.05, 0.1) is 6.20 Å². The van der Waals surface area contributed by atoms with E-state index in [2.05, 4.69) is 10.2 Å². The Morgan fingerprint density at radius 3 is 2.85 bits per heavy atom. The van der Waals surface area contributed by atoms with Crippen LogP contribution < -0.4 is 0 Å². The zero-order valence-corrected chi connectivity index (χ0v) is 11.5. The van der Waals surface area contributed by atoms with Gasteiger partial charge in [-0.25, -0.2) is 4.79 Å². The first-order valence-electron chi connectivity index (χ1n) is 7.31. The van der Waals surface area contributed by atoms with E-state index in [0.29, 0.717) is 32.0 Å². The van der Waals surface area contributed by atoms with Crippen molar-refractivity contribution < 1.29 is 9.59 Å². The number of nitrogens with zero attached hydrogens (tertiary/aromatic N) is 3. The summed E-state index contributed by atoms with van der Waals surface area (Å²) in [6, 6.07) is -0.114. The molecule has 0 bridgehead atoms. The van der Waals surface area contributed by atoms with E-state index >= 15 is 0 Å². The molecule has 2 fully saturated rings. The number of urea groups is 1. The molecule has 0 unspecified atom stereocenters. The SMILES string of the molecule is O=C1CCN(CCc2cn[nH]c2)C(=O)N1CC1CCC1. The van der Waals surface area contributed by atoms with Crippen LogP contribution in [0, 0.1) is 5.92 Å². The molecule has 1 aliphatic heterocycles. The summed E-state index contributed by atoms with van der Waals surface area (Å²) < 4.78 is 0. The Morgan fingerprint density at radius 1 is 1.35 bits per heavy atom. The Balaban J connectivity index is 1.57. The van der Waals surface area contributed by atoms with E-state index in [4.69, 9.17) is 0 Å². The first kappa shape index (κ1) is 13.1. The molecular weight excluding hydrogens is 256 g/mol. The zero-order valence-electron chi connectivity index (χ0n) is 11.5. The summed E-state index contributed by atoms with van der Waals surface area (Å²) >= 11 is 0. The molecule has 1 aromatic heterocycles. The Labute approximate surface area is 118 Å². The first-order valence-corrected chi connectivity index (χ1v) is 7.31. The van der Waals surface area contributed by atoms with Crippen molar-refractivity contribution in [2.75, 3.05) is 19.6 Å². The van der Waals surface area contributed by atoms with Gasteiger partial charge in [-0.2, -0.15) is 5.10 Å². The van der Waals surface area contributed by atoms with E-state index in [0.717, 1.165) is 24.8 Å². The van der Waals surface area contributed by atoms with E-state index in [-0.39, 0.29) is 11.9 Å². The minimum atomic E-state index is -0.114. The van der Waals surface area contributed by atoms with Crippen LogP contribution in [0.1, 0.15) is 31.2 Å². The van der Waals surface area contributed by atoms with Crippen LogP contribution in [0.15, 0.2) is 12.4 Å². The van der Waals surface area contributed by atoms with Gasteiger partial charge in [0.25, 0.3) is 0 Å². The van der Waals surface area contributed by atoms with Crippen LogP contribution >= 0.6 is 0 Å². The molecule has 3 amide bonds. The highest BCUT2D eigenvalue weighted by molar-refractivity contribution is 5.96. The second kappa shape index (κ2) is 5.64. The quantitative estimate of drug-likeness (QED) is 0.884. The monoisotopic (exact) mass is 276 g/mol. The highest BCUT2D eigenvalue weighted by Gasteiger charge is 2.34. The van der Waals surface area contributed by atoms with Gasteiger partial charge in [0, 0.05) is 32.3 Å². The number of nitrogens with one attached hydrogen (secondary N) is 1. The van der Waals surface area contributed by atoms with Crippen molar-refractivity contribution in [2.45, 2.75) is 32.1 Å². The molecule has 2 heterocycles. The first-order chi connectivity index (χ1) is 9.74. The lowest BCUT2D eigenvalue weighted by atomic mass is 9.85. The molecule has 0 spiro atoms. The van der Waals surface area contributed by atoms with Gasteiger partial charge in [0.2, 0.25) is 5.91 Å². The predicted octanol–water partition coefficient (Wildman–Crippen LogP) is 1.41. The fraction of sp³-hybridized carbons (Fsp3) is 0.643. The van der Waals surface area contributed by atoms with E-state index in [9.17, 15) is 9.59 Å². The molecule has 0 aromatic carbocycles. The van der Waals surface area contributed by atoms with Crippen LogP contribution in [-0.2, 0) is 11.2 Å². The lowest BCUT2D eigenvalue weighted by molar-refractivity contribution is -0.131. The number of hydrogen-bond donors (Lipinski definition) is 1. The number of hydrogen-bond acceptors (Lipinski definition) is 3. The van der Waals surface area contributed by atoms with Crippen LogP contribution in [0.5, 0.6) is 0 Å². The number of amides is 3. The molecule has 6 nitrogen and oxygen atoms in total. The number of rotatable bonds is 5. The summed E-state index contributed by atoms with van der Waals surface area (Å²) in [6.07, 6.45) is 8.35. The second-order valence-corrected chi connectivity index (χ2v) is 5.68. The molecule has 0 atom stereocenters. The molecule has 2 aliphatic rings. The van der Waals surface area contributed by atoms with Gasteiger partial charge in [-0.05, 0) is 30.7 Å². The van der Waals surface area contributed by atoms with Crippen molar-refractivity contribution in [3.8, 4) is 0 Å². The molecule has 6 heteroatoms. The number of H-pyrrole nitrogens is 1. The number of aromatic amines is 1. The molecule has 3 rings (SSSR count). The van der Waals surface area contributed by atoms with Gasteiger partial charge in [-0.3, -0.25) is 14.8 Å². The standard InChI is InChI=1S/C14H20N4O2/c19-13-5-7-17(6-4-12-8-15-16-9-12)14(20)18(13)10-11-2-1-3-11/h8-9,11H,1-7,10H2,(H,15,16). The lowest BCUT2D eigenvalue weighted by Crippen LogP contribution is -2.54. The van der Waals surface area contributed by atoms with E-state index in [1.165, 1.54) is 11.3 Å². The van der Waals surface area contributed by atoms with Crippen LogP contribution in [-0.4, -0.2) is 51.6 Å². The minimum Gasteiger partial charge on any atom is -0.323 e. The van der Waals surface area contributed by atoms with Crippen molar-refractivity contribution in [2.24, 2.45) is 5.92 Å². The van der Waals surface area contributed by atoms with Crippen LogP contribution in [0.4, 0.5) is 4.79 Å². The Hall–Kier alpha value is -1.85. The van der Waals surface area contributed by atoms with Crippen molar-refractivity contribution >= 4 is 11.9 Å². The minimum absolute atomic E-state index is 0.0125. The fourth-order valence-electron chi connectivity index (χ4n) is 2.74. The molecular formula is C14H20N4O2. The average molecular weight is 276 g/mol. The lowest BCUT2D eigenvalue weighted by Gasteiger charge is -2.37. The van der Waals surface area contributed by atoms with E-state index < -0.39 is 0 Å². The number of aromatic nitrogens is 2. The molecule has 1 aliphatic carbocycles. The topological polar surface area (TPSA) is 69.3 Å². The Morgan fingerprint density at radius 2 is 2.20 bits per heavy atom. The van der Waals surface area contributed by atoms with Crippen molar-refractivity contribution in [1.29, 1.82) is 0 Å². The largest absolute Gasteiger partial charge is 0.326 e. The van der Waals surface area contributed by atoms with Crippen LogP contribution in [0.2, 0.25) is 0 Å². The molecule has 1 aromatic rings. The second-order valence-electron chi connectivity index (χ2n) is 5.68. The van der Waals surface area contributed by atoms with Gasteiger partial charge < -0.3 is 4.90 Å². The molecule has 0 radical (unpaired) electrons. The number of carbonyl (C=O) groups is 2. The van der Waals surface area contributed by atoms with Gasteiger partial charge in [-0.1, -0.05) is 6.42 Å². The molecule has 1 saturated heterocycles. The van der Waals surface area contributed by atoms with E-state index in [1.807, 2.05) is 6.20 Å². The van der Waals surface area contributed by atoms with Gasteiger partial charge in [0.15, 0.2) is 0 Å². The molecule has 20 heavy (non-hydrogen) atoms. The Kier molecular flexibility index (Phi) is 3.71. The third kappa shape index (κ3) is 2.69. The molecule has 1 N–H and O–H groups in total. The summed E-state index contributed by atoms with van der Waals surface area (Å²) in [5.41, 5.74) is 1.08. The van der Waals surface area contributed by atoms with Crippen molar-refractivity contribution in [3.05, 3.63) is 18.0 Å². The summed E-state index contributed by atoms with van der Waals surface area (Å²) in [6.45, 7) is 1.80. The fourth-order valence-corrected chi connectivity index (χ4v) is 2.74. The number of carbonyl (C=O) groups excluding carboxylic acids is 2.